The van der Waals surface area contributed by atoms with Crippen LogP contribution in [-0.2, 0) is 4.74 Å². The smallest absolute Gasteiger partial charge is 0.255 e. The van der Waals surface area contributed by atoms with Crippen LogP contribution < -0.4 is 5.32 Å². The molecular formula is C16H17N5O2. The number of para-hydroxylation sites is 2. The van der Waals surface area contributed by atoms with E-state index in [-0.39, 0.29) is 12.2 Å². The topological polar surface area (TPSA) is 86.0 Å². The molecule has 23 heavy (non-hydrogen) atoms. The van der Waals surface area contributed by atoms with E-state index in [1.54, 1.807) is 13.1 Å². The second-order valence-electron chi connectivity index (χ2n) is 5.63. The molecule has 118 valence electrons. The van der Waals surface area contributed by atoms with Crippen molar-refractivity contribution in [3.8, 4) is 0 Å². The van der Waals surface area contributed by atoms with Crippen molar-refractivity contribution in [3.63, 3.8) is 0 Å². The summed E-state index contributed by atoms with van der Waals surface area (Å²) in [5.41, 5.74) is 1.77. The van der Waals surface area contributed by atoms with E-state index in [0.29, 0.717) is 18.3 Å². The molecule has 0 bridgehead atoms. The van der Waals surface area contributed by atoms with Crippen LogP contribution in [0.1, 0.15) is 30.7 Å². The van der Waals surface area contributed by atoms with Gasteiger partial charge in [0, 0.05) is 6.54 Å². The van der Waals surface area contributed by atoms with Crippen LogP contribution in [0.15, 0.2) is 35.0 Å². The first kappa shape index (κ1) is 14.1. The Morgan fingerprint density at radius 1 is 1.17 bits per heavy atom. The summed E-state index contributed by atoms with van der Waals surface area (Å²) in [5.74, 6) is 1.96. The van der Waals surface area contributed by atoms with Gasteiger partial charge in [-0.15, -0.1) is 0 Å². The van der Waals surface area contributed by atoms with Crippen molar-refractivity contribution in [1.82, 2.24) is 20.1 Å². The molecule has 1 aliphatic rings. The Kier molecular flexibility index (Phi) is 3.63. The zero-order valence-electron chi connectivity index (χ0n) is 12.8. The number of fused-ring (bicyclic) bond motifs is 1. The minimum absolute atomic E-state index is 0.0977. The molecule has 3 heterocycles. The fourth-order valence-corrected chi connectivity index (χ4v) is 2.74. The van der Waals surface area contributed by atoms with E-state index in [9.17, 15) is 0 Å². The van der Waals surface area contributed by atoms with E-state index in [4.69, 9.17) is 9.26 Å². The number of nitrogens with zero attached hydrogens (tertiary/aromatic N) is 4. The number of rotatable bonds is 4. The number of anilines is 1. The summed E-state index contributed by atoms with van der Waals surface area (Å²) in [7, 11) is 0. The van der Waals surface area contributed by atoms with Gasteiger partial charge in [0.2, 0.25) is 0 Å². The molecule has 0 aliphatic carbocycles. The maximum absolute atomic E-state index is 5.96. The van der Waals surface area contributed by atoms with Gasteiger partial charge in [-0.1, -0.05) is 17.3 Å². The van der Waals surface area contributed by atoms with Crippen molar-refractivity contribution >= 4 is 16.9 Å². The number of aryl methyl sites for hydroxylation is 1. The van der Waals surface area contributed by atoms with E-state index in [1.807, 2.05) is 24.3 Å². The largest absolute Gasteiger partial charge is 0.366 e. The minimum Gasteiger partial charge on any atom is -0.366 e. The van der Waals surface area contributed by atoms with E-state index in [2.05, 4.69) is 25.4 Å². The van der Waals surface area contributed by atoms with Crippen LogP contribution in [0.25, 0.3) is 11.0 Å². The molecule has 0 radical (unpaired) electrons. The predicted molar refractivity (Wildman–Crippen MR) is 83.9 cm³/mol. The molecule has 1 aromatic carbocycles. The summed E-state index contributed by atoms with van der Waals surface area (Å²) in [6.45, 7) is 2.48. The second-order valence-corrected chi connectivity index (χ2v) is 5.63. The molecule has 7 heteroatoms. The van der Waals surface area contributed by atoms with E-state index >= 15 is 0 Å². The van der Waals surface area contributed by atoms with Crippen molar-refractivity contribution in [2.24, 2.45) is 0 Å². The Labute approximate surface area is 133 Å². The molecule has 1 N–H and O–H groups in total. The highest BCUT2D eigenvalue weighted by Gasteiger charge is 2.30. The van der Waals surface area contributed by atoms with E-state index < -0.39 is 0 Å². The Morgan fingerprint density at radius 2 is 2.04 bits per heavy atom. The number of benzene rings is 1. The molecule has 1 aliphatic heterocycles. The Balaban J connectivity index is 1.37. The maximum atomic E-state index is 5.96. The van der Waals surface area contributed by atoms with E-state index in [1.165, 1.54) is 0 Å². The maximum Gasteiger partial charge on any atom is 0.255 e. The highest BCUT2D eigenvalue weighted by molar-refractivity contribution is 5.75. The lowest BCUT2D eigenvalue weighted by molar-refractivity contribution is 0.0326. The summed E-state index contributed by atoms with van der Waals surface area (Å²) in [4.78, 5) is 13.2. The average Bonchev–Trinajstić information content (AvgIpc) is 3.21. The van der Waals surface area contributed by atoms with Gasteiger partial charge in [0.25, 0.3) is 5.89 Å². The highest BCUT2D eigenvalue weighted by atomic mass is 16.5. The van der Waals surface area contributed by atoms with Crippen LogP contribution in [-0.4, -0.2) is 32.8 Å². The summed E-state index contributed by atoms with van der Waals surface area (Å²) in [6, 6.07) is 7.81. The van der Waals surface area contributed by atoms with Crippen molar-refractivity contribution < 1.29 is 9.26 Å². The van der Waals surface area contributed by atoms with Gasteiger partial charge < -0.3 is 14.6 Å². The molecule has 7 nitrogen and oxygen atoms in total. The van der Waals surface area contributed by atoms with Crippen molar-refractivity contribution in [1.29, 1.82) is 0 Å². The monoisotopic (exact) mass is 311 g/mol. The predicted octanol–water partition coefficient (Wildman–Crippen LogP) is 2.65. The van der Waals surface area contributed by atoms with Crippen LogP contribution in [0.3, 0.4) is 0 Å². The molecule has 2 aromatic heterocycles. The molecule has 0 spiro atoms. The lowest BCUT2D eigenvalue weighted by Gasteiger charge is -2.13. The van der Waals surface area contributed by atoms with Gasteiger partial charge >= 0.3 is 0 Å². The van der Waals surface area contributed by atoms with E-state index in [0.717, 1.165) is 29.7 Å². The number of aromatic nitrogens is 4. The van der Waals surface area contributed by atoms with Gasteiger partial charge in [-0.25, -0.2) is 4.98 Å². The molecule has 0 amide bonds. The highest BCUT2D eigenvalue weighted by Crippen LogP contribution is 2.31. The molecule has 2 atom stereocenters. The second kappa shape index (κ2) is 5.92. The molecule has 0 unspecified atom stereocenters. The lowest BCUT2D eigenvalue weighted by Crippen LogP contribution is -2.19. The normalized spacial score (nSPS) is 20.9. The standard InChI is InChI=1S/C16H17N5O2/c1-10-19-16(23-21-10)14-7-6-11(22-14)8-18-15-9-17-12-4-2-3-5-13(12)20-15/h2-5,9,11,14H,6-8H2,1H3,(H,18,20)/t11-,14+/m1/s1. The zero-order chi connectivity index (χ0) is 15.6. The van der Waals surface area contributed by atoms with Gasteiger partial charge in [-0.05, 0) is 31.9 Å². The molecule has 4 rings (SSSR count). The molecule has 1 saturated heterocycles. The Hall–Kier alpha value is -2.54. The van der Waals surface area contributed by atoms with Crippen molar-refractivity contribution in [3.05, 3.63) is 42.2 Å². The average molecular weight is 311 g/mol. The van der Waals surface area contributed by atoms with Crippen LogP contribution in [0.2, 0.25) is 0 Å². The first-order chi connectivity index (χ1) is 11.3. The molecule has 0 saturated carbocycles. The third-order valence-electron chi connectivity index (χ3n) is 3.89. The zero-order valence-corrected chi connectivity index (χ0v) is 12.8. The summed E-state index contributed by atoms with van der Waals surface area (Å²) < 4.78 is 11.1. The van der Waals surface area contributed by atoms with Crippen molar-refractivity contribution in [2.75, 3.05) is 11.9 Å². The lowest BCUT2D eigenvalue weighted by atomic mass is 10.2. The third-order valence-corrected chi connectivity index (χ3v) is 3.89. The summed E-state index contributed by atoms with van der Waals surface area (Å²) in [6.07, 6.45) is 3.57. The number of hydrogen-bond acceptors (Lipinski definition) is 7. The number of ether oxygens (including phenoxy) is 1. The van der Waals surface area contributed by atoms with Gasteiger partial charge in [-0.3, -0.25) is 4.98 Å². The molecular weight excluding hydrogens is 294 g/mol. The quantitative estimate of drug-likeness (QED) is 0.792. The Bertz CT molecular complexity index is 819. The van der Waals surface area contributed by atoms with Gasteiger partial charge in [0.1, 0.15) is 11.9 Å². The van der Waals surface area contributed by atoms with Crippen LogP contribution in [0.5, 0.6) is 0 Å². The Morgan fingerprint density at radius 3 is 2.87 bits per heavy atom. The molecule has 1 fully saturated rings. The SMILES string of the molecule is Cc1noc([C@@H]2CC[C@H](CNc3cnc4ccccc4n3)O2)n1. The minimum atomic E-state index is -0.106. The van der Waals surface area contributed by atoms with Crippen molar-refractivity contribution in [2.45, 2.75) is 32.0 Å². The van der Waals surface area contributed by atoms with Crippen LogP contribution in [0, 0.1) is 6.92 Å². The number of nitrogens with one attached hydrogen (secondary N) is 1. The fourth-order valence-electron chi connectivity index (χ4n) is 2.74. The molecule has 3 aromatic rings. The fraction of sp³-hybridized carbons (Fsp3) is 0.375. The van der Waals surface area contributed by atoms with Crippen LogP contribution in [0.4, 0.5) is 5.82 Å². The third kappa shape index (κ3) is 3.00. The van der Waals surface area contributed by atoms with Crippen LogP contribution >= 0.6 is 0 Å². The van der Waals surface area contributed by atoms with Gasteiger partial charge in [0.05, 0.1) is 23.3 Å². The van der Waals surface area contributed by atoms with Gasteiger partial charge in [0.15, 0.2) is 5.82 Å². The first-order valence-corrected chi connectivity index (χ1v) is 7.69. The summed E-state index contributed by atoms with van der Waals surface area (Å²) in [5, 5.41) is 7.10. The first-order valence-electron chi connectivity index (χ1n) is 7.69. The van der Waals surface area contributed by atoms with Gasteiger partial charge in [-0.2, -0.15) is 4.98 Å². The number of hydrogen-bond donors (Lipinski definition) is 1. The summed E-state index contributed by atoms with van der Waals surface area (Å²) >= 11 is 0.